The number of hydrogen-bond donors (Lipinski definition) is 0. The molecular weight excluding hydrogens is 212 g/mol. The summed E-state index contributed by atoms with van der Waals surface area (Å²) in [6, 6.07) is 6.03. The first-order valence-corrected chi connectivity index (χ1v) is 6.06. The third-order valence-electron chi connectivity index (χ3n) is 2.42. The van der Waals surface area contributed by atoms with Gasteiger partial charge < -0.3 is 0 Å². The molecule has 0 bridgehead atoms. The summed E-state index contributed by atoms with van der Waals surface area (Å²) in [5.41, 5.74) is 0.456. The lowest BCUT2D eigenvalue weighted by Crippen LogP contribution is -2.41. The maximum atomic E-state index is 11.9. The molecule has 0 saturated carbocycles. The van der Waals surface area contributed by atoms with Gasteiger partial charge in [-0.3, -0.25) is 0 Å². The fourth-order valence-electron chi connectivity index (χ4n) is 1.37. The monoisotopic (exact) mass is 222 g/mol. The average molecular weight is 222 g/mol. The van der Waals surface area contributed by atoms with Crippen molar-refractivity contribution in [3.63, 3.8) is 0 Å². The Balaban J connectivity index is 2.33. The maximum Gasteiger partial charge on any atom is 0.242 e. The van der Waals surface area contributed by atoms with Crippen LogP contribution in [0.3, 0.4) is 0 Å². The summed E-state index contributed by atoms with van der Waals surface area (Å²) in [6.45, 7) is 7.98. The van der Waals surface area contributed by atoms with E-state index >= 15 is 0 Å². The van der Waals surface area contributed by atoms with Crippen molar-refractivity contribution in [1.82, 2.24) is 4.31 Å². The van der Waals surface area contributed by atoms with E-state index < -0.39 is 10.0 Å². The van der Waals surface area contributed by atoms with Crippen molar-refractivity contribution in [2.75, 3.05) is 13.1 Å². The van der Waals surface area contributed by atoms with Crippen molar-refractivity contribution < 1.29 is 8.42 Å². The van der Waals surface area contributed by atoms with Crippen LogP contribution in [0.4, 0.5) is 5.69 Å². The predicted molar refractivity (Wildman–Crippen MR) is 56.1 cm³/mol. The molecule has 0 aliphatic carbocycles. The highest BCUT2D eigenvalue weighted by molar-refractivity contribution is 7.89. The molecule has 0 aromatic heterocycles. The molecule has 1 aromatic rings. The summed E-state index contributed by atoms with van der Waals surface area (Å²) in [5, 5.41) is 0. The van der Waals surface area contributed by atoms with Crippen LogP contribution in [0.2, 0.25) is 0 Å². The van der Waals surface area contributed by atoms with Crippen molar-refractivity contribution in [3.05, 3.63) is 35.7 Å². The van der Waals surface area contributed by atoms with E-state index in [1.165, 1.54) is 28.6 Å². The Kier molecular flexibility index (Phi) is 2.47. The highest BCUT2D eigenvalue weighted by atomic mass is 32.2. The quantitative estimate of drug-likeness (QED) is 0.714. The van der Waals surface area contributed by atoms with Gasteiger partial charge in [-0.25, -0.2) is 13.3 Å². The lowest BCUT2D eigenvalue weighted by Gasteiger charge is -2.29. The molecular formula is C10H10N2O2S. The molecule has 1 saturated heterocycles. The van der Waals surface area contributed by atoms with Crippen LogP contribution >= 0.6 is 0 Å². The van der Waals surface area contributed by atoms with Gasteiger partial charge in [-0.15, -0.1) is 0 Å². The molecule has 1 fully saturated rings. The van der Waals surface area contributed by atoms with Crippen LogP contribution in [0, 0.1) is 6.57 Å². The van der Waals surface area contributed by atoms with Crippen LogP contribution < -0.4 is 0 Å². The van der Waals surface area contributed by atoms with Crippen LogP contribution in [-0.2, 0) is 10.0 Å². The number of hydrogen-bond acceptors (Lipinski definition) is 2. The van der Waals surface area contributed by atoms with Crippen LogP contribution in [0.15, 0.2) is 29.2 Å². The lowest BCUT2D eigenvalue weighted by molar-refractivity contribution is 0.309. The van der Waals surface area contributed by atoms with Crippen LogP contribution in [0.1, 0.15) is 6.42 Å². The average Bonchev–Trinajstić information content (AvgIpc) is 2.14. The van der Waals surface area contributed by atoms with Crippen LogP contribution in [-0.4, -0.2) is 25.8 Å². The lowest BCUT2D eigenvalue weighted by atomic mass is 10.3. The highest BCUT2D eigenvalue weighted by Gasteiger charge is 2.28. The van der Waals surface area contributed by atoms with Gasteiger partial charge in [0.1, 0.15) is 0 Å². The number of rotatable bonds is 2. The van der Waals surface area contributed by atoms with Crippen molar-refractivity contribution >= 4 is 15.7 Å². The van der Waals surface area contributed by atoms with Gasteiger partial charge in [0.2, 0.25) is 10.0 Å². The van der Waals surface area contributed by atoms with Gasteiger partial charge in [0, 0.05) is 13.1 Å². The van der Waals surface area contributed by atoms with Crippen molar-refractivity contribution in [2.45, 2.75) is 11.3 Å². The van der Waals surface area contributed by atoms with Crippen LogP contribution in [0.5, 0.6) is 0 Å². The minimum absolute atomic E-state index is 0.273. The fourth-order valence-corrected chi connectivity index (χ4v) is 2.89. The van der Waals surface area contributed by atoms with Gasteiger partial charge in [0.15, 0.2) is 5.69 Å². The normalized spacial score (nSPS) is 16.7. The summed E-state index contributed by atoms with van der Waals surface area (Å²) in [5.74, 6) is 0. The van der Waals surface area contributed by atoms with Gasteiger partial charge in [0.05, 0.1) is 11.5 Å². The second-order valence-electron chi connectivity index (χ2n) is 3.36. The Morgan fingerprint density at radius 3 is 2.20 bits per heavy atom. The Morgan fingerprint density at radius 2 is 1.80 bits per heavy atom. The number of benzene rings is 1. The van der Waals surface area contributed by atoms with E-state index in [1.54, 1.807) is 0 Å². The van der Waals surface area contributed by atoms with E-state index in [1.807, 2.05) is 0 Å². The minimum atomic E-state index is -3.30. The molecule has 0 spiro atoms. The Hall–Kier alpha value is -1.38. The molecule has 78 valence electrons. The standard InChI is InChI=1S/C10H10N2O2S/c1-11-9-3-5-10(6-4-9)15(13,14)12-7-2-8-12/h3-6H,2,7-8H2. The zero-order chi connectivity index (χ0) is 10.9. The van der Waals surface area contributed by atoms with Crippen molar-refractivity contribution in [3.8, 4) is 0 Å². The van der Waals surface area contributed by atoms with Gasteiger partial charge in [0.25, 0.3) is 0 Å². The molecule has 1 aliphatic heterocycles. The van der Waals surface area contributed by atoms with Gasteiger partial charge in [-0.2, -0.15) is 4.31 Å². The fraction of sp³-hybridized carbons (Fsp3) is 0.300. The number of sulfonamides is 1. The molecule has 0 radical (unpaired) electrons. The SMILES string of the molecule is [C-]#[N+]c1ccc(S(=O)(=O)N2CCC2)cc1. The van der Waals surface area contributed by atoms with Crippen molar-refractivity contribution in [1.29, 1.82) is 0 Å². The zero-order valence-corrected chi connectivity index (χ0v) is 8.87. The largest absolute Gasteiger partial charge is 0.242 e. The molecule has 0 atom stereocenters. The highest BCUT2D eigenvalue weighted by Crippen LogP contribution is 2.23. The van der Waals surface area contributed by atoms with E-state index in [2.05, 4.69) is 4.85 Å². The molecule has 1 aromatic carbocycles. The van der Waals surface area contributed by atoms with Gasteiger partial charge in [-0.1, -0.05) is 24.3 Å². The maximum absolute atomic E-state index is 11.9. The summed E-state index contributed by atoms with van der Waals surface area (Å²) >= 11 is 0. The Morgan fingerprint density at radius 1 is 1.20 bits per heavy atom. The first-order valence-electron chi connectivity index (χ1n) is 4.62. The van der Waals surface area contributed by atoms with Crippen molar-refractivity contribution in [2.24, 2.45) is 0 Å². The molecule has 1 aliphatic rings. The van der Waals surface area contributed by atoms with E-state index in [4.69, 9.17) is 6.57 Å². The third-order valence-corrected chi connectivity index (χ3v) is 4.33. The van der Waals surface area contributed by atoms with Crippen LogP contribution in [0.25, 0.3) is 4.85 Å². The molecule has 4 nitrogen and oxygen atoms in total. The predicted octanol–water partition coefficient (Wildman–Crippen LogP) is 1.63. The van der Waals surface area contributed by atoms with E-state index in [9.17, 15) is 8.42 Å². The van der Waals surface area contributed by atoms with E-state index in [-0.39, 0.29) is 4.90 Å². The Bertz CT molecular complexity index is 495. The molecule has 0 unspecified atom stereocenters. The second kappa shape index (κ2) is 3.65. The summed E-state index contributed by atoms with van der Waals surface area (Å²) in [4.78, 5) is 3.49. The summed E-state index contributed by atoms with van der Waals surface area (Å²) in [7, 11) is -3.30. The molecule has 1 heterocycles. The molecule has 0 N–H and O–H groups in total. The molecule has 5 heteroatoms. The summed E-state index contributed by atoms with van der Waals surface area (Å²) < 4.78 is 25.2. The van der Waals surface area contributed by atoms with Gasteiger partial charge >= 0.3 is 0 Å². The van der Waals surface area contributed by atoms with E-state index in [0.717, 1.165) is 6.42 Å². The topological polar surface area (TPSA) is 41.7 Å². The molecule has 0 amide bonds. The zero-order valence-electron chi connectivity index (χ0n) is 8.05. The minimum Gasteiger partial charge on any atom is -0.238 e. The smallest absolute Gasteiger partial charge is 0.238 e. The first kappa shape index (κ1) is 10.1. The molecule has 2 rings (SSSR count). The van der Waals surface area contributed by atoms with Gasteiger partial charge in [-0.05, 0) is 6.42 Å². The summed E-state index contributed by atoms with van der Waals surface area (Å²) in [6.07, 6.45) is 0.930. The molecule has 15 heavy (non-hydrogen) atoms. The first-order chi connectivity index (χ1) is 7.14. The number of nitrogens with zero attached hydrogens (tertiary/aromatic N) is 2. The second-order valence-corrected chi connectivity index (χ2v) is 5.30. The Labute approximate surface area is 89.0 Å². The van der Waals surface area contributed by atoms with E-state index in [0.29, 0.717) is 18.8 Å². The third kappa shape index (κ3) is 1.74.